The Morgan fingerprint density at radius 3 is 2.44 bits per heavy atom. The highest BCUT2D eigenvalue weighted by Crippen LogP contribution is 2.21. The van der Waals surface area contributed by atoms with Gasteiger partial charge in [-0.3, -0.25) is 0 Å². The summed E-state index contributed by atoms with van der Waals surface area (Å²) in [6, 6.07) is 5.94. The highest BCUT2D eigenvalue weighted by molar-refractivity contribution is 7.80. The minimum atomic E-state index is -0.268. The molecule has 1 rings (SSSR count). The molecule has 0 unspecified atom stereocenters. The van der Waals surface area contributed by atoms with Crippen molar-refractivity contribution in [2.75, 3.05) is 6.61 Å². The fraction of sp³-hybridized carbons (Fsp3) is 0.417. The fourth-order valence-electron chi connectivity index (χ4n) is 1.08. The van der Waals surface area contributed by atoms with Crippen LogP contribution in [-0.4, -0.2) is 11.6 Å². The zero-order valence-electron chi connectivity index (χ0n) is 9.50. The first-order chi connectivity index (χ1) is 7.42. The Morgan fingerprint density at radius 2 is 1.94 bits per heavy atom. The number of hydrogen-bond donors (Lipinski definition) is 1. The van der Waals surface area contributed by atoms with Crippen molar-refractivity contribution in [2.45, 2.75) is 20.3 Å². The van der Waals surface area contributed by atoms with E-state index in [1.54, 1.807) is 12.1 Å². The second-order valence-corrected chi connectivity index (χ2v) is 4.74. The molecular weight excluding hydrogens is 225 g/mol. The van der Waals surface area contributed by atoms with Crippen LogP contribution in [0.2, 0.25) is 0 Å². The van der Waals surface area contributed by atoms with E-state index in [4.69, 9.17) is 22.7 Å². The topological polar surface area (TPSA) is 35.2 Å². The lowest BCUT2D eigenvalue weighted by Gasteiger charge is -2.22. The lowest BCUT2D eigenvalue weighted by molar-refractivity contribution is 0.270. The van der Waals surface area contributed by atoms with E-state index in [2.05, 4.69) is 0 Å². The highest BCUT2D eigenvalue weighted by Gasteiger charge is 2.20. The maximum Gasteiger partial charge on any atom is 0.123 e. The van der Waals surface area contributed by atoms with Crippen molar-refractivity contribution in [3.8, 4) is 5.75 Å². The Labute approximate surface area is 101 Å². The maximum atomic E-state index is 12.6. The molecule has 1 aromatic carbocycles. The van der Waals surface area contributed by atoms with Crippen LogP contribution in [0.3, 0.4) is 0 Å². The third-order valence-corrected chi connectivity index (χ3v) is 3.03. The van der Waals surface area contributed by atoms with Gasteiger partial charge in [-0.1, -0.05) is 26.1 Å². The molecule has 16 heavy (non-hydrogen) atoms. The molecule has 0 fully saturated rings. The minimum Gasteiger partial charge on any atom is -0.494 e. The molecule has 0 bridgehead atoms. The van der Waals surface area contributed by atoms with E-state index < -0.39 is 0 Å². The number of thiocarbonyl (C=S) groups is 1. The van der Waals surface area contributed by atoms with Crippen LogP contribution in [-0.2, 0) is 0 Å². The van der Waals surface area contributed by atoms with E-state index >= 15 is 0 Å². The molecule has 0 aliphatic heterocycles. The van der Waals surface area contributed by atoms with Crippen LogP contribution in [0.1, 0.15) is 20.3 Å². The molecule has 2 N–H and O–H groups in total. The smallest absolute Gasteiger partial charge is 0.123 e. The second kappa shape index (κ2) is 5.25. The van der Waals surface area contributed by atoms with Gasteiger partial charge in [0.05, 0.1) is 11.6 Å². The molecule has 4 heteroatoms. The van der Waals surface area contributed by atoms with Crippen LogP contribution >= 0.6 is 12.2 Å². The van der Waals surface area contributed by atoms with Crippen LogP contribution in [0.15, 0.2) is 24.3 Å². The van der Waals surface area contributed by atoms with Crippen molar-refractivity contribution in [2.24, 2.45) is 11.1 Å². The molecule has 0 heterocycles. The molecule has 88 valence electrons. The number of halogens is 1. The van der Waals surface area contributed by atoms with Gasteiger partial charge >= 0.3 is 0 Å². The van der Waals surface area contributed by atoms with Crippen LogP contribution in [0.5, 0.6) is 5.75 Å². The van der Waals surface area contributed by atoms with E-state index in [1.807, 2.05) is 13.8 Å². The molecule has 0 aromatic heterocycles. The monoisotopic (exact) mass is 241 g/mol. The average molecular weight is 241 g/mol. The standard InChI is InChI=1S/C12H16FNOS/c1-12(2,11(14)16)7-8-15-10-5-3-9(13)4-6-10/h3-6H,7-8H2,1-2H3,(H2,14,16). The first-order valence-corrected chi connectivity index (χ1v) is 5.51. The first-order valence-electron chi connectivity index (χ1n) is 5.10. The van der Waals surface area contributed by atoms with Crippen molar-refractivity contribution in [3.63, 3.8) is 0 Å². The van der Waals surface area contributed by atoms with Crippen molar-refractivity contribution >= 4 is 17.2 Å². The van der Waals surface area contributed by atoms with E-state index in [0.29, 0.717) is 17.3 Å². The molecule has 0 aliphatic rings. The van der Waals surface area contributed by atoms with Crippen molar-refractivity contribution in [1.82, 2.24) is 0 Å². The third-order valence-electron chi connectivity index (χ3n) is 2.48. The van der Waals surface area contributed by atoms with Crippen LogP contribution < -0.4 is 10.5 Å². The molecule has 0 aliphatic carbocycles. The quantitative estimate of drug-likeness (QED) is 0.805. The van der Waals surface area contributed by atoms with E-state index in [9.17, 15) is 4.39 Å². The molecule has 0 saturated carbocycles. The first kappa shape index (κ1) is 12.9. The van der Waals surface area contributed by atoms with Gasteiger partial charge in [0.2, 0.25) is 0 Å². The van der Waals surface area contributed by atoms with Gasteiger partial charge in [-0.05, 0) is 30.7 Å². The van der Waals surface area contributed by atoms with E-state index in [0.717, 1.165) is 6.42 Å². The van der Waals surface area contributed by atoms with Gasteiger partial charge < -0.3 is 10.5 Å². The highest BCUT2D eigenvalue weighted by atomic mass is 32.1. The van der Waals surface area contributed by atoms with Crippen LogP contribution in [0.4, 0.5) is 4.39 Å². The molecule has 0 amide bonds. The van der Waals surface area contributed by atoms with Gasteiger partial charge in [0, 0.05) is 5.41 Å². The zero-order chi connectivity index (χ0) is 12.2. The Bertz CT molecular complexity index is 362. The Morgan fingerprint density at radius 1 is 1.38 bits per heavy atom. The average Bonchev–Trinajstić information content (AvgIpc) is 2.20. The molecule has 1 aromatic rings. The Hall–Kier alpha value is -1.16. The largest absolute Gasteiger partial charge is 0.494 e. The van der Waals surface area contributed by atoms with Gasteiger partial charge in [-0.25, -0.2) is 4.39 Å². The summed E-state index contributed by atoms with van der Waals surface area (Å²) in [5, 5.41) is 0. The molecule has 0 atom stereocenters. The maximum absolute atomic E-state index is 12.6. The van der Waals surface area contributed by atoms with E-state index in [-0.39, 0.29) is 11.2 Å². The number of benzene rings is 1. The number of ether oxygens (including phenoxy) is 1. The lowest BCUT2D eigenvalue weighted by Crippen LogP contribution is -2.31. The summed E-state index contributed by atoms with van der Waals surface area (Å²) < 4.78 is 18.1. The summed E-state index contributed by atoms with van der Waals surface area (Å²) in [5.41, 5.74) is 5.38. The predicted molar refractivity (Wildman–Crippen MR) is 67.1 cm³/mol. The summed E-state index contributed by atoms with van der Waals surface area (Å²) >= 11 is 4.95. The Kier molecular flexibility index (Phi) is 4.24. The summed E-state index contributed by atoms with van der Waals surface area (Å²) in [6.45, 7) is 4.46. The van der Waals surface area contributed by atoms with Crippen LogP contribution in [0, 0.1) is 11.2 Å². The zero-order valence-corrected chi connectivity index (χ0v) is 10.3. The normalized spacial score (nSPS) is 11.2. The fourth-order valence-corrected chi connectivity index (χ4v) is 1.18. The van der Waals surface area contributed by atoms with Gasteiger partial charge in [-0.15, -0.1) is 0 Å². The third kappa shape index (κ3) is 3.77. The van der Waals surface area contributed by atoms with Gasteiger partial charge in [0.15, 0.2) is 0 Å². The van der Waals surface area contributed by atoms with Gasteiger partial charge in [0.25, 0.3) is 0 Å². The summed E-state index contributed by atoms with van der Waals surface area (Å²) in [4.78, 5) is 0.482. The predicted octanol–water partition coefficient (Wildman–Crippen LogP) is 2.91. The number of rotatable bonds is 5. The number of nitrogens with two attached hydrogens (primary N) is 1. The number of hydrogen-bond acceptors (Lipinski definition) is 2. The molecule has 0 saturated heterocycles. The molecule has 0 spiro atoms. The van der Waals surface area contributed by atoms with Crippen molar-refractivity contribution in [3.05, 3.63) is 30.1 Å². The molecular formula is C12H16FNOS. The summed E-state index contributed by atoms with van der Waals surface area (Å²) in [7, 11) is 0. The van der Waals surface area contributed by atoms with E-state index in [1.165, 1.54) is 12.1 Å². The van der Waals surface area contributed by atoms with Gasteiger partial charge in [0.1, 0.15) is 11.6 Å². The lowest BCUT2D eigenvalue weighted by atomic mass is 9.90. The minimum absolute atomic E-state index is 0.213. The van der Waals surface area contributed by atoms with Crippen molar-refractivity contribution in [1.29, 1.82) is 0 Å². The Balaban J connectivity index is 2.41. The molecule has 2 nitrogen and oxygen atoms in total. The molecule has 0 radical (unpaired) electrons. The summed E-state index contributed by atoms with van der Waals surface area (Å²) in [5.74, 6) is 0.385. The van der Waals surface area contributed by atoms with Gasteiger partial charge in [-0.2, -0.15) is 0 Å². The summed E-state index contributed by atoms with van der Waals surface area (Å²) in [6.07, 6.45) is 0.736. The second-order valence-electron chi connectivity index (χ2n) is 4.30. The SMILES string of the molecule is CC(C)(CCOc1ccc(F)cc1)C(N)=S. The van der Waals surface area contributed by atoms with Crippen molar-refractivity contribution < 1.29 is 9.13 Å². The van der Waals surface area contributed by atoms with Crippen LogP contribution in [0.25, 0.3) is 0 Å².